The monoisotopic (exact) mass is 276 g/mol. The van der Waals surface area contributed by atoms with E-state index in [-0.39, 0.29) is 11.3 Å². The van der Waals surface area contributed by atoms with Crippen molar-refractivity contribution in [3.63, 3.8) is 0 Å². The van der Waals surface area contributed by atoms with Crippen LogP contribution in [-0.2, 0) is 11.3 Å². The lowest BCUT2D eigenvalue weighted by Crippen LogP contribution is -2.37. The summed E-state index contributed by atoms with van der Waals surface area (Å²) in [5.74, 6) is 1.96. The van der Waals surface area contributed by atoms with Crippen LogP contribution in [0, 0.1) is 23.2 Å². The summed E-state index contributed by atoms with van der Waals surface area (Å²) in [6, 6.07) is 1.88. The van der Waals surface area contributed by atoms with Gasteiger partial charge in [-0.05, 0) is 42.6 Å². The second-order valence-corrected chi connectivity index (χ2v) is 6.65. The van der Waals surface area contributed by atoms with E-state index in [1.165, 1.54) is 12.8 Å². The van der Waals surface area contributed by atoms with Crippen molar-refractivity contribution >= 4 is 5.78 Å². The van der Waals surface area contributed by atoms with Gasteiger partial charge in [0.05, 0.1) is 6.54 Å². The molecule has 0 aromatic carbocycles. The lowest BCUT2D eigenvalue weighted by atomic mass is 9.66. The zero-order valence-corrected chi connectivity index (χ0v) is 13.3. The van der Waals surface area contributed by atoms with E-state index in [9.17, 15) is 4.79 Å². The Kier molecular flexibility index (Phi) is 4.66. The molecule has 1 fully saturated rings. The molecule has 3 heteroatoms. The van der Waals surface area contributed by atoms with Crippen LogP contribution in [0.25, 0.3) is 0 Å². The number of Topliss-reactive ketones (excluding diaryl/α,β-unsaturated/α-hetero) is 1. The van der Waals surface area contributed by atoms with E-state index in [2.05, 4.69) is 32.8 Å². The molecule has 0 radical (unpaired) electrons. The predicted molar refractivity (Wildman–Crippen MR) is 81.3 cm³/mol. The fourth-order valence-electron chi connectivity index (χ4n) is 4.18. The second-order valence-electron chi connectivity index (χ2n) is 6.65. The average molecular weight is 276 g/mol. The van der Waals surface area contributed by atoms with Crippen LogP contribution in [0.1, 0.15) is 53.4 Å². The Morgan fingerprint density at radius 2 is 2.20 bits per heavy atom. The number of rotatable bonds is 6. The molecule has 3 nitrogen and oxygen atoms in total. The molecule has 4 unspecified atom stereocenters. The highest BCUT2D eigenvalue weighted by Gasteiger charge is 2.49. The molecular weight excluding hydrogens is 248 g/mol. The van der Waals surface area contributed by atoms with Crippen LogP contribution < -0.4 is 0 Å². The molecule has 0 saturated heterocycles. The minimum Gasteiger partial charge on any atom is -0.297 e. The second kappa shape index (κ2) is 6.11. The highest BCUT2D eigenvalue weighted by molar-refractivity contribution is 5.82. The Hall–Kier alpha value is -1.12. The summed E-state index contributed by atoms with van der Waals surface area (Å²) in [7, 11) is 0. The highest BCUT2D eigenvalue weighted by Crippen LogP contribution is 2.53. The third-order valence-corrected chi connectivity index (χ3v) is 5.77. The molecule has 1 heterocycles. The van der Waals surface area contributed by atoms with Crippen LogP contribution in [0.5, 0.6) is 0 Å². The summed E-state index contributed by atoms with van der Waals surface area (Å²) >= 11 is 0. The fraction of sp³-hybridized carbons (Fsp3) is 0.765. The van der Waals surface area contributed by atoms with Gasteiger partial charge in [0.25, 0.3) is 0 Å². The Morgan fingerprint density at radius 3 is 2.75 bits per heavy atom. The molecule has 4 atom stereocenters. The van der Waals surface area contributed by atoms with Gasteiger partial charge in [-0.3, -0.25) is 9.48 Å². The standard InChI is InChI=1S/C17H28N2O/c1-5-13(3)14-8-9-15(17(14,4)6-2)16(20)12-19-11-7-10-18-19/h7,10-11,13-15H,5-6,8-9,12H2,1-4H3. The summed E-state index contributed by atoms with van der Waals surface area (Å²) in [6.07, 6.45) is 8.18. The van der Waals surface area contributed by atoms with E-state index in [0.717, 1.165) is 12.8 Å². The van der Waals surface area contributed by atoms with Crippen LogP contribution >= 0.6 is 0 Å². The van der Waals surface area contributed by atoms with Crippen LogP contribution in [0.3, 0.4) is 0 Å². The van der Waals surface area contributed by atoms with Crippen molar-refractivity contribution < 1.29 is 4.79 Å². The molecule has 112 valence electrons. The number of hydrogen-bond donors (Lipinski definition) is 0. The fourth-order valence-corrected chi connectivity index (χ4v) is 4.18. The zero-order chi connectivity index (χ0) is 14.8. The van der Waals surface area contributed by atoms with Crippen molar-refractivity contribution in [2.24, 2.45) is 23.2 Å². The number of carbonyl (C=O) groups is 1. The molecule has 1 aromatic heterocycles. The summed E-state index contributed by atoms with van der Waals surface area (Å²) in [4.78, 5) is 12.7. The van der Waals surface area contributed by atoms with Crippen LogP contribution in [-0.4, -0.2) is 15.6 Å². The van der Waals surface area contributed by atoms with Crippen molar-refractivity contribution in [3.05, 3.63) is 18.5 Å². The number of carbonyl (C=O) groups excluding carboxylic acids is 1. The van der Waals surface area contributed by atoms with E-state index in [1.54, 1.807) is 10.9 Å². The average Bonchev–Trinajstić information content (AvgIpc) is 3.06. The Balaban J connectivity index is 2.13. The van der Waals surface area contributed by atoms with Crippen LogP contribution in [0.2, 0.25) is 0 Å². The third kappa shape index (κ3) is 2.68. The lowest BCUT2D eigenvalue weighted by Gasteiger charge is -2.38. The minimum atomic E-state index is 0.166. The smallest absolute Gasteiger partial charge is 0.157 e. The first kappa shape index (κ1) is 15.3. The van der Waals surface area contributed by atoms with Gasteiger partial charge in [-0.15, -0.1) is 0 Å². The van der Waals surface area contributed by atoms with Gasteiger partial charge in [0.1, 0.15) is 0 Å². The quantitative estimate of drug-likeness (QED) is 0.788. The maximum Gasteiger partial charge on any atom is 0.157 e. The topological polar surface area (TPSA) is 34.9 Å². The molecule has 1 aliphatic rings. The van der Waals surface area contributed by atoms with Gasteiger partial charge in [0, 0.05) is 18.3 Å². The number of hydrogen-bond acceptors (Lipinski definition) is 2. The molecule has 0 N–H and O–H groups in total. The number of ketones is 1. The molecule has 1 saturated carbocycles. The normalized spacial score (nSPS) is 31.4. The molecule has 1 aromatic rings. The van der Waals surface area contributed by atoms with Gasteiger partial charge >= 0.3 is 0 Å². The largest absolute Gasteiger partial charge is 0.297 e. The zero-order valence-electron chi connectivity index (χ0n) is 13.3. The van der Waals surface area contributed by atoms with Gasteiger partial charge in [0.2, 0.25) is 0 Å². The van der Waals surface area contributed by atoms with Crippen molar-refractivity contribution in [1.29, 1.82) is 0 Å². The molecule has 0 aliphatic heterocycles. The molecule has 0 bridgehead atoms. The van der Waals surface area contributed by atoms with Crippen molar-refractivity contribution in [2.75, 3.05) is 0 Å². The first-order valence-electron chi connectivity index (χ1n) is 8.03. The van der Waals surface area contributed by atoms with Gasteiger partial charge in [0.15, 0.2) is 5.78 Å². The molecule has 20 heavy (non-hydrogen) atoms. The first-order valence-corrected chi connectivity index (χ1v) is 8.03. The summed E-state index contributed by atoms with van der Waals surface area (Å²) in [5.41, 5.74) is 0.166. The first-order chi connectivity index (χ1) is 9.52. The van der Waals surface area contributed by atoms with Crippen molar-refractivity contribution in [1.82, 2.24) is 9.78 Å². The molecule has 1 aliphatic carbocycles. The Bertz CT molecular complexity index is 440. The van der Waals surface area contributed by atoms with Gasteiger partial charge in [-0.25, -0.2) is 0 Å². The summed E-state index contributed by atoms with van der Waals surface area (Å²) in [5, 5.41) is 4.17. The van der Waals surface area contributed by atoms with E-state index in [0.29, 0.717) is 24.2 Å². The van der Waals surface area contributed by atoms with Gasteiger partial charge in [-0.1, -0.05) is 34.1 Å². The molecule has 2 rings (SSSR count). The summed E-state index contributed by atoms with van der Waals surface area (Å²) < 4.78 is 1.76. The van der Waals surface area contributed by atoms with Gasteiger partial charge in [-0.2, -0.15) is 5.10 Å². The van der Waals surface area contributed by atoms with Crippen molar-refractivity contribution in [3.8, 4) is 0 Å². The van der Waals surface area contributed by atoms with Crippen LogP contribution in [0.4, 0.5) is 0 Å². The molecule has 0 spiro atoms. The third-order valence-electron chi connectivity index (χ3n) is 5.77. The Morgan fingerprint density at radius 1 is 1.45 bits per heavy atom. The van der Waals surface area contributed by atoms with Gasteiger partial charge < -0.3 is 0 Å². The maximum atomic E-state index is 12.7. The summed E-state index contributed by atoms with van der Waals surface area (Å²) in [6.45, 7) is 9.62. The maximum absolute atomic E-state index is 12.7. The van der Waals surface area contributed by atoms with E-state index in [1.807, 2.05) is 12.3 Å². The van der Waals surface area contributed by atoms with E-state index < -0.39 is 0 Å². The van der Waals surface area contributed by atoms with Crippen LogP contribution in [0.15, 0.2) is 18.5 Å². The Labute approximate surface area is 122 Å². The lowest BCUT2D eigenvalue weighted by molar-refractivity contribution is -0.127. The number of aromatic nitrogens is 2. The van der Waals surface area contributed by atoms with Crippen molar-refractivity contribution in [2.45, 2.75) is 59.9 Å². The predicted octanol–water partition coefficient (Wildman–Crippen LogP) is 3.94. The number of nitrogens with zero attached hydrogens (tertiary/aromatic N) is 2. The minimum absolute atomic E-state index is 0.166. The molecular formula is C17H28N2O. The molecule has 0 amide bonds. The van der Waals surface area contributed by atoms with E-state index in [4.69, 9.17) is 0 Å². The highest BCUT2D eigenvalue weighted by atomic mass is 16.1. The SMILES string of the molecule is CCC(C)C1CCC(C(=O)Cn2cccn2)C1(C)CC. The van der Waals surface area contributed by atoms with E-state index >= 15 is 0 Å².